The molecule has 2 fully saturated rings. The summed E-state index contributed by atoms with van der Waals surface area (Å²) >= 11 is 0. The molecule has 0 N–H and O–H groups in total. The highest BCUT2D eigenvalue weighted by atomic mass is 16.4. The molecule has 2 unspecified atom stereocenters. The molecule has 0 aromatic rings. The van der Waals surface area contributed by atoms with E-state index in [1.165, 1.54) is 0 Å². The molecule has 0 spiro atoms. The van der Waals surface area contributed by atoms with Crippen LogP contribution >= 0.6 is 0 Å². The molecule has 2 heterocycles. The summed E-state index contributed by atoms with van der Waals surface area (Å²) in [5.74, 6) is -2.04. The van der Waals surface area contributed by atoms with Crippen molar-refractivity contribution in [3.8, 4) is 0 Å². The highest BCUT2D eigenvalue weighted by Crippen LogP contribution is 2.06. The zero-order valence-corrected chi connectivity index (χ0v) is 14.3. The van der Waals surface area contributed by atoms with E-state index in [9.17, 15) is 19.8 Å². The molecular weight excluding hydrogens is 312 g/mol. The molecule has 8 nitrogen and oxygen atoms in total. The van der Waals surface area contributed by atoms with Gasteiger partial charge in [-0.25, -0.2) is 0 Å². The van der Waals surface area contributed by atoms with Crippen LogP contribution in [-0.4, -0.2) is 110 Å². The smallest absolute Gasteiger partial charge is 0.0555 e. The summed E-state index contributed by atoms with van der Waals surface area (Å²) in [4.78, 5) is 30.4. The van der Waals surface area contributed by atoms with E-state index >= 15 is 0 Å². The van der Waals surface area contributed by atoms with Gasteiger partial charge in [0.15, 0.2) is 0 Å². The first kappa shape index (κ1) is 19.1. The van der Waals surface area contributed by atoms with Gasteiger partial charge in [-0.15, -0.1) is 0 Å². The number of nitrogens with zero attached hydrogens (tertiary/aromatic N) is 4. The molecule has 2 rings (SSSR count). The zero-order valence-electron chi connectivity index (χ0n) is 14.3. The molecule has 0 saturated carbocycles. The topological polar surface area (TPSA) is 93.2 Å². The van der Waals surface area contributed by atoms with Gasteiger partial charge in [0.25, 0.3) is 0 Å². The molecule has 2 bridgehead atoms. The number of hydrogen-bond acceptors (Lipinski definition) is 8. The lowest BCUT2D eigenvalue weighted by Crippen LogP contribution is -2.49. The molecular formula is C16H28N4O4-2. The average molecular weight is 340 g/mol. The maximum atomic E-state index is 10.9. The number of fused-ring (bicyclic) bond motifs is 3. The Balaban J connectivity index is 1.96. The number of carboxylic acid groups (broad SMARTS) is 2. The number of rotatable bonds is 4. The van der Waals surface area contributed by atoms with Gasteiger partial charge in [-0.2, -0.15) is 0 Å². The van der Waals surface area contributed by atoms with Gasteiger partial charge < -0.3 is 29.6 Å². The van der Waals surface area contributed by atoms with Gasteiger partial charge >= 0.3 is 0 Å². The average Bonchev–Trinajstić information content (AvgIpc) is 2.51. The van der Waals surface area contributed by atoms with E-state index in [2.05, 4.69) is 9.80 Å². The van der Waals surface area contributed by atoms with Gasteiger partial charge in [0.2, 0.25) is 0 Å². The number of hydrogen-bond donors (Lipinski definition) is 0. The van der Waals surface area contributed by atoms with E-state index in [0.717, 1.165) is 78.3 Å². The zero-order chi connectivity index (χ0) is 17.4. The van der Waals surface area contributed by atoms with Crippen LogP contribution in [0.5, 0.6) is 0 Å². The third-order valence-corrected chi connectivity index (χ3v) is 4.80. The summed E-state index contributed by atoms with van der Waals surface area (Å²) in [7, 11) is 0. The van der Waals surface area contributed by atoms with Gasteiger partial charge in [0, 0.05) is 52.4 Å². The van der Waals surface area contributed by atoms with Crippen LogP contribution in [0.15, 0.2) is 0 Å². The van der Waals surface area contributed by atoms with Crippen molar-refractivity contribution in [2.24, 2.45) is 0 Å². The van der Waals surface area contributed by atoms with Crippen molar-refractivity contribution < 1.29 is 19.8 Å². The monoisotopic (exact) mass is 340 g/mol. The van der Waals surface area contributed by atoms with Crippen LogP contribution in [0.4, 0.5) is 0 Å². The Morgan fingerprint density at radius 2 is 0.958 bits per heavy atom. The van der Waals surface area contributed by atoms with Gasteiger partial charge in [0.1, 0.15) is 0 Å². The van der Waals surface area contributed by atoms with Crippen LogP contribution in [0.1, 0.15) is 12.8 Å². The van der Waals surface area contributed by atoms with Gasteiger partial charge in [-0.1, -0.05) is 0 Å². The second kappa shape index (κ2) is 9.93. The van der Waals surface area contributed by atoms with E-state index in [1.54, 1.807) is 0 Å². The van der Waals surface area contributed by atoms with E-state index in [0.29, 0.717) is 0 Å². The Bertz CT molecular complexity index is 383. The fourth-order valence-corrected chi connectivity index (χ4v) is 3.46. The third-order valence-electron chi connectivity index (χ3n) is 4.80. The minimum Gasteiger partial charge on any atom is -0.549 e. The van der Waals surface area contributed by atoms with Crippen molar-refractivity contribution in [1.82, 2.24) is 19.6 Å². The SMILES string of the molecule is O=C([O-])CN1CCCN2CCN(CCCN(CC(=O)[O-])CC2)CC1. The minimum atomic E-state index is -1.02. The van der Waals surface area contributed by atoms with Crippen molar-refractivity contribution in [3.05, 3.63) is 0 Å². The molecule has 0 amide bonds. The quantitative estimate of drug-likeness (QED) is 0.520. The summed E-state index contributed by atoms with van der Waals surface area (Å²) in [6.45, 7) is 8.37. The lowest BCUT2D eigenvalue weighted by Gasteiger charge is -2.36. The molecule has 2 aliphatic heterocycles. The van der Waals surface area contributed by atoms with Crippen molar-refractivity contribution in [2.45, 2.75) is 12.8 Å². The normalized spacial score (nSPS) is 28.3. The molecule has 24 heavy (non-hydrogen) atoms. The largest absolute Gasteiger partial charge is 0.549 e. The highest BCUT2D eigenvalue weighted by Gasteiger charge is 2.18. The summed E-state index contributed by atoms with van der Waals surface area (Å²) in [6.07, 6.45) is 1.82. The molecule has 0 aromatic carbocycles. The van der Waals surface area contributed by atoms with E-state index in [4.69, 9.17) is 0 Å². The van der Waals surface area contributed by atoms with Crippen molar-refractivity contribution >= 4 is 11.9 Å². The first-order valence-electron chi connectivity index (χ1n) is 8.82. The molecule has 0 aromatic heterocycles. The van der Waals surface area contributed by atoms with E-state index in [-0.39, 0.29) is 13.1 Å². The van der Waals surface area contributed by atoms with Crippen LogP contribution in [0.2, 0.25) is 0 Å². The predicted molar refractivity (Wildman–Crippen MR) is 85.0 cm³/mol. The molecule has 2 saturated heterocycles. The van der Waals surface area contributed by atoms with Crippen molar-refractivity contribution in [3.63, 3.8) is 0 Å². The van der Waals surface area contributed by atoms with Gasteiger partial charge in [-0.05, 0) is 39.0 Å². The number of carboxylic acids is 2. The lowest BCUT2D eigenvalue weighted by atomic mass is 10.2. The van der Waals surface area contributed by atoms with Crippen LogP contribution in [0.3, 0.4) is 0 Å². The Kier molecular flexibility index (Phi) is 7.90. The number of carbonyl (C=O) groups is 2. The third kappa shape index (κ3) is 7.12. The van der Waals surface area contributed by atoms with Crippen LogP contribution in [-0.2, 0) is 9.59 Å². The maximum absolute atomic E-state index is 10.9. The molecule has 0 aliphatic carbocycles. The summed E-state index contributed by atoms with van der Waals surface area (Å²) < 4.78 is 0. The predicted octanol–water partition coefficient (Wildman–Crippen LogP) is -3.50. The van der Waals surface area contributed by atoms with Crippen LogP contribution in [0.25, 0.3) is 0 Å². The second-order valence-corrected chi connectivity index (χ2v) is 6.69. The van der Waals surface area contributed by atoms with E-state index in [1.807, 2.05) is 9.80 Å². The lowest BCUT2D eigenvalue weighted by molar-refractivity contribution is -0.307. The van der Waals surface area contributed by atoms with Crippen molar-refractivity contribution in [1.29, 1.82) is 0 Å². The number of aliphatic carboxylic acids is 2. The highest BCUT2D eigenvalue weighted by molar-refractivity contribution is 5.66. The first-order chi connectivity index (χ1) is 11.5. The maximum Gasteiger partial charge on any atom is 0.0555 e. The van der Waals surface area contributed by atoms with Gasteiger partial charge in [-0.3, -0.25) is 9.80 Å². The first-order valence-corrected chi connectivity index (χ1v) is 8.82. The Morgan fingerprint density at radius 1 is 0.583 bits per heavy atom. The Hall–Kier alpha value is -1.22. The summed E-state index contributed by atoms with van der Waals surface area (Å²) in [5.41, 5.74) is 0. The molecule has 2 aliphatic rings. The fourth-order valence-electron chi connectivity index (χ4n) is 3.46. The van der Waals surface area contributed by atoms with E-state index < -0.39 is 11.9 Å². The standard InChI is InChI=1S/C16H30N4O4/c21-15(22)13-19-5-1-3-17-7-8-18(10-11-19)4-2-6-20(12-9-17)14-16(23)24/h1-14H2,(H,21,22)(H,23,24)/p-2. The van der Waals surface area contributed by atoms with Crippen LogP contribution in [0, 0.1) is 0 Å². The van der Waals surface area contributed by atoms with Crippen molar-refractivity contribution in [2.75, 3.05) is 78.5 Å². The summed E-state index contributed by atoms with van der Waals surface area (Å²) in [6, 6.07) is 0. The molecule has 138 valence electrons. The fraction of sp³-hybridized carbons (Fsp3) is 0.875. The molecule has 2 atom stereocenters. The number of carbonyl (C=O) groups excluding carboxylic acids is 2. The van der Waals surface area contributed by atoms with Crippen LogP contribution < -0.4 is 10.2 Å². The molecule has 8 heteroatoms. The molecule has 0 radical (unpaired) electrons. The Labute approximate surface area is 143 Å². The minimum absolute atomic E-state index is 0.00672. The Morgan fingerprint density at radius 3 is 1.33 bits per heavy atom. The second-order valence-electron chi connectivity index (χ2n) is 6.69. The summed E-state index contributed by atoms with van der Waals surface area (Å²) in [5, 5.41) is 21.8. The van der Waals surface area contributed by atoms with Gasteiger partial charge in [0.05, 0.1) is 11.9 Å².